The van der Waals surface area contributed by atoms with E-state index < -0.39 is 5.82 Å². The molecule has 0 radical (unpaired) electrons. The van der Waals surface area contributed by atoms with Crippen molar-refractivity contribution in [2.45, 2.75) is 6.61 Å². The van der Waals surface area contributed by atoms with Gasteiger partial charge in [-0.15, -0.1) is 0 Å². The van der Waals surface area contributed by atoms with Crippen LogP contribution in [0.3, 0.4) is 0 Å². The van der Waals surface area contributed by atoms with Gasteiger partial charge in [0.25, 0.3) is 0 Å². The van der Waals surface area contributed by atoms with Gasteiger partial charge in [-0.2, -0.15) is 0 Å². The lowest BCUT2D eigenvalue weighted by atomic mass is 10.2. The molecule has 0 unspecified atom stereocenters. The van der Waals surface area contributed by atoms with Crippen molar-refractivity contribution < 1.29 is 9.13 Å². The number of rotatable bonds is 3. The number of hydrogen-bond acceptors (Lipinski definition) is 2. The van der Waals surface area contributed by atoms with E-state index in [2.05, 4.69) is 15.9 Å². The number of benzene rings is 2. The average molecular weight is 331 g/mol. The number of nitrogens with two attached hydrogens (primary N) is 1. The van der Waals surface area contributed by atoms with Gasteiger partial charge in [0.15, 0.2) is 0 Å². The van der Waals surface area contributed by atoms with Gasteiger partial charge < -0.3 is 10.5 Å². The number of hydrogen-bond donors (Lipinski definition) is 1. The lowest BCUT2D eigenvalue weighted by molar-refractivity contribution is 0.306. The van der Waals surface area contributed by atoms with Crippen molar-refractivity contribution >= 4 is 33.2 Å². The molecule has 2 N–H and O–H groups in total. The Balaban J connectivity index is 2.10. The SMILES string of the molecule is Nc1cc(Br)c(F)cc1OCc1ccc(Cl)cc1. The molecule has 0 heterocycles. The minimum Gasteiger partial charge on any atom is -0.487 e. The van der Waals surface area contributed by atoms with Crippen LogP contribution in [0.15, 0.2) is 40.9 Å². The summed E-state index contributed by atoms with van der Waals surface area (Å²) in [5.74, 6) is -0.0824. The number of ether oxygens (including phenoxy) is 1. The number of halogens is 3. The van der Waals surface area contributed by atoms with Crippen LogP contribution in [0.25, 0.3) is 0 Å². The van der Waals surface area contributed by atoms with Gasteiger partial charge in [-0.25, -0.2) is 4.39 Å². The Hall–Kier alpha value is -1.26. The molecule has 0 saturated carbocycles. The average Bonchev–Trinajstić information content (AvgIpc) is 2.34. The first-order chi connectivity index (χ1) is 8.56. The minimum atomic E-state index is -0.407. The summed E-state index contributed by atoms with van der Waals surface area (Å²) in [5, 5.41) is 0.660. The van der Waals surface area contributed by atoms with Crippen LogP contribution < -0.4 is 10.5 Å². The molecule has 2 aromatic rings. The Labute approximate surface area is 118 Å². The maximum Gasteiger partial charge on any atom is 0.145 e. The topological polar surface area (TPSA) is 35.2 Å². The minimum absolute atomic E-state index is 0.308. The zero-order valence-corrected chi connectivity index (χ0v) is 11.6. The van der Waals surface area contributed by atoms with Crippen LogP contribution >= 0.6 is 27.5 Å². The van der Waals surface area contributed by atoms with E-state index in [1.54, 1.807) is 12.1 Å². The van der Waals surface area contributed by atoms with E-state index in [4.69, 9.17) is 22.1 Å². The van der Waals surface area contributed by atoms with Crippen LogP contribution in [0.1, 0.15) is 5.56 Å². The van der Waals surface area contributed by atoms with Crippen molar-refractivity contribution in [3.8, 4) is 5.75 Å². The number of nitrogen functional groups attached to an aromatic ring is 1. The molecule has 2 rings (SSSR count). The van der Waals surface area contributed by atoms with E-state index in [9.17, 15) is 4.39 Å². The van der Waals surface area contributed by atoms with Crippen LogP contribution in [0.4, 0.5) is 10.1 Å². The molecular formula is C13H10BrClFNO. The Morgan fingerprint density at radius 3 is 2.56 bits per heavy atom. The maximum absolute atomic E-state index is 13.3. The summed E-state index contributed by atoms with van der Waals surface area (Å²) in [6, 6.07) is 9.96. The fourth-order valence-electron chi connectivity index (χ4n) is 1.41. The van der Waals surface area contributed by atoms with Crippen molar-refractivity contribution in [2.75, 3.05) is 5.73 Å². The molecule has 0 aliphatic rings. The van der Waals surface area contributed by atoms with E-state index in [1.165, 1.54) is 12.1 Å². The maximum atomic E-state index is 13.3. The van der Waals surface area contributed by atoms with Gasteiger partial charge in [-0.3, -0.25) is 0 Å². The van der Waals surface area contributed by atoms with Crippen LogP contribution in [0.2, 0.25) is 5.02 Å². The molecule has 0 aliphatic heterocycles. The largest absolute Gasteiger partial charge is 0.487 e. The summed E-state index contributed by atoms with van der Waals surface area (Å²) in [6.07, 6.45) is 0. The molecule has 0 atom stereocenters. The summed E-state index contributed by atoms with van der Waals surface area (Å²) < 4.78 is 19.1. The third-order valence-electron chi connectivity index (χ3n) is 2.36. The molecule has 0 fully saturated rings. The Bertz CT molecular complexity index is 560. The molecule has 18 heavy (non-hydrogen) atoms. The zero-order valence-electron chi connectivity index (χ0n) is 9.29. The fraction of sp³-hybridized carbons (Fsp3) is 0.0769. The standard InChI is InChI=1S/C13H10BrClFNO/c14-10-5-12(17)13(6-11(10)16)18-7-8-1-3-9(15)4-2-8/h1-6H,7,17H2. The quantitative estimate of drug-likeness (QED) is 0.846. The molecule has 0 amide bonds. The highest BCUT2D eigenvalue weighted by molar-refractivity contribution is 9.10. The Kier molecular flexibility index (Phi) is 4.09. The van der Waals surface area contributed by atoms with E-state index in [0.717, 1.165) is 5.56 Å². The predicted molar refractivity (Wildman–Crippen MR) is 74.3 cm³/mol. The molecule has 0 bridgehead atoms. The first-order valence-corrected chi connectivity index (χ1v) is 6.35. The monoisotopic (exact) mass is 329 g/mol. The summed E-state index contributed by atoms with van der Waals surface area (Å²) in [5.41, 5.74) is 7.05. The molecule has 2 nitrogen and oxygen atoms in total. The molecular weight excluding hydrogens is 321 g/mol. The summed E-state index contributed by atoms with van der Waals surface area (Å²) in [7, 11) is 0. The summed E-state index contributed by atoms with van der Waals surface area (Å²) in [6.45, 7) is 0.308. The van der Waals surface area contributed by atoms with Gasteiger partial charge in [0.1, 0.15) is 18.2 Å². The van der Waals surface area contributed by atoms with E-state index in [0.29, 0.717) is 27.5 Å². The smallest absolute Gasteiger partial charge is 0.145 e. The highest BCUT2D eigenvalue weighted by Crippen LogP contribution is 2.29. The summed E-state index contributed by atoms with van der Waals surface area (Å²) in [4.78, 5) is 0. The third-order valence-corrected chi connectivity index (χ3v) is 3.22. The van der Waals surface area contributed by atoms with Gasteiger partial charge in [0, 0.05) is 11.1 Å². The van der Waals surface area contributed by atoms with Gasteiger partial charge in [0.2, 0.25) is 0 Å². The number of anilines is 1. The van der Waals surface area contributed by atoms with Crippen LogP contribution in [0.5, 0.6) is 5.75 Å². The molecule has 0 saturated heterocycles. The van der Waals surface area contributed by atoms with E-state index in [-0.39, 0.29) is 0 Å². The van der Waals surface area contributed by atoms with Crippen molar-refractivity contribution in [2.24, 2.45) is 0 Å². The molecule has 0 aromatic heterocycles. The predicted octanol–water partition coefficient (Wildman–Crippen LogP) is 4.40. The van der Waals surface area contributed by atoms with E-state index >= 15 is 0 Å². The lowest BCUT2D eigenvalue weighted by Crippen LogP contribution is -1.99. The third kappa shape index (κ3) is 3.15. The highest BCUT2D eigenvalue weighted by Gasteiger charge is 2.07. The highest BCUT2D eigenvalue weighted by atomic mass is 79.9. The lowest BCUT2D eigenvalue weighted by Gasteiger charge is -2.10. The van der Waals surface area contributed by atoms with Gasteiger partial charge in [-0.05, 0) is 39.7 Å². The van der Waals surface area contributed by atoms with Gasteiger partial charge in [-0.1, -0.05) is 23.7 Å². The Morgan fingerprint density at radius 1 is 1.22 bits per heavy atom. The second-order valence-electron chi connectivity index (χ2n) is 3.72. The first-order valence-electron chi connectivity index (χ1n) is 5.18. The second kappa shape index (κ2) is 5.59. The molecule has 0 aliphatic carbocycles. The molecule has 5 heteroatoms. The fourth-order valence-corrected chi connectivity index (χ4v) is 1.90. The molecule has 2 aromatic carbocycles. The molecule has 0 spiro atoms. The second-order valence-corrected chi connectivity index (χ2v) is 5.01. The zero-order chi connectivity index (χ0) is 13.1. The van der Waals surface area contributed by atoms with Crippen LogP contribution in [-0.2, 0) is 6.61 Å². The van der Waals surface area contributed by atoms with Crippen LogP contribution in [0, 0.1) is 5.82 Å². The Morgan fingerprint density at radius 2 is 1.89 bits per heavy atom. The molecule has 94 valence electrons. The van der Waals surface area contributed by atoms with Crippen molar-refractivity contribution in [1.82, 2.24) is 0 Å². The van der Waals surface area contributed by atoms with Crippen molar-refractivity contribution in [3.05, 3.63) is 57.3 Å². The summed E-state index contributed by atoms with van der Waals surface area (Å²) >= 11 is 8.84. The first kappa shape index (κ1) is 13.2. The van der Waals surface area contributed by atoms with Gasteiger partial charge >= 0.3 is 0 Å². The normalized spacial score (nSPS) is 10.4. The van der Waals surface area contributed by atoms with E-state index in [1.807, 2.05) is 12.1 Å². The van der Waals surface area contributed by atoms with Crippen LogP contribution in [-0.4, -0.2) is 0 Å². The van der Waals surface area contributed by atoms with Crippen molar-refractivity contribution in [1.29, 1.82) is 0 Å². The van der Waals surface area contributed by atoms with Gasteiger partial charge in [0.05, 0.1) is 10.2 Å². The van der Waals surface area contributed by atoms with Crippen molar-refractivity contribution in [3.63, 3.8) is 0 Å².